The number of allylic oxidation sites excluding steroid dienone is 2. The van der Waals surface area contributed by atoms with Crippen LogP contribution in [0.15, 0.2) is 134 Å². The van der Waals surface area contributed by atoms with E-state index in [0.717, 1.165) is 39.6 Å². The lowest BCUT2D eigenvalue weighted by atomic mass is 10.1. The first-order chi connectivity index (χ1) is 21.5. The summed E-state index contributed by atoms with van der Waals surface area (Å²) in [6, 6.07) is 33.8. The number of ether oxygens (including phenoxy) is 1. The van der Waals surface area contributed by atoms with E-state index in [1.165, 1.54) is 33.2 Å². The van der Waals surface area contributed by atoms with Crippen LogP contribution in [0, 0.1) is 20.8 Å². The third-order valence-corrected chi connectivity index (χ3v) is 8.59. The van der Waals surface area contributed by atoms with Gasteiger partial charge in [-0.25, -0.2) is 4.98 Å². The van der Waals surface area contributed by atoms with E-state index < -0.39 is 0 Å². The normalized spacial score (nSPS) is 15.7. The Bertz CT molecular complexity index is 2150. The zero-order valence-electron chi connectivity index (χ0n) is 25.0. The topological polar surface area (TPSA) is 33.5 Å². The minimum Gasteiger partial charge on any atom is -0.457 e. The van der Waals surface area contributed by atoms with Crippen molar-refractivity contribution in [2.45, 2.75) is 26.9 Å². The molecule has 4 heterocycles. The highest BCUT2D eigenvalue weighted by Gasteiger charge is 2.33. The molecule has 0 bridgehead atoms. The summed E-state index contributed by atoms with van der Waals surface area (Å²) in [4.78, 5) is 9.42. The van der Waals surface area contributed by atoms with Gasteiger partial charge in [0.15, 0.2) is 0 Å². The first kappa shape index (κ1) is 26.1. The van der Waals surface area contributed by atoms with Crippen molar-refractivity contribution in [3.63, 3.8) is 0 Å². The Balaban J connectivity index is 1.18. The summed E-state index contributed by atoms with van der Waals surface area (Å²) in [5, 5.41) is 2.36. The Labute approximate surface area is 257 Å². The van der Waals surface area contributed by atoms with Gasteiger partial charge in [-0.3, -0.25) is 4.57 Å². The highest BCUT2D eigenvalue weighted by Crippen LogP contribution is 2.40. The molecule has 1 unspecified atom stereocenters. The molecule has 0 N–H and O–H groups in total. The first-order valence-electron chi connectivity index (χ1n) is 15.0. The lowest BCUT2D eigenvalue weighted by Gasteiger charge is -2.33. The molecular weight excluding hydrogens is 540 g/mol. The molecule has 5 heteroatoms. The Hall–Kier alpha value is -5.55. The standard InChI is InChI=1S/C39H32N4O/c1-26-19-20-40-37(22-26)43-34-15-5-4-14-32(34)33-18-17-31(24-35(33)43)44-30-13-9-12-29(23-30)36-25-42(38-16-6-7-21-41(36)38)39-27(2)10-8-11-28(39)3/h4-25,38H,1-3H3. The van der Waals surface area contributed by atoms with Gasteiger partial charge in [-0.2, -0.15) is 0 Å². The number of hydrogen-bond donors (Lipinski definition) is 0. The number of nitrogens with zero attached hydrogens (tertiary/aromatic N) is 4. The quantitative estimate of drug-likeness (QED) is 0.206. The van der Waals surface area contributed by atoms with Gasteiger partial charge in [0.05, 0.1) is 16.7 Å². The zero-order valence-corrected chi connectivity index (χ0v) is 25.0. The summed E-state index contributed by atoms with van der Waals surface area (Å²) in [7, 11) is 0. The van der Waals surface area contributed by atoms with Crippen molar-refractivity contribution in [3.05, 3.63) is 156 Å². The van der Waals surface area contributed by atoms with E-state index in [1.54, 1.807) is 0 Å². The fourth-order valence-corrected chi connectivity index (χ4v) is 6.60. The van der Waals surface area contributed by atoms with Crippen LogP contribution in [-0.2, 0) is 0 Å². The minimum absolute atomic E-state index is 0.0823. The molecule has 4 aromatic carbocycles. The van der Waals surface area contributed by atoms with Crippen LogP contribution in [0.4, 0.5) is 5.69 Å². The monoisotopic (exact) mass is 572 g/mol. The number of fused-ring (bicyclic) bond motifs is 4. The first-order valence-corrected chi connectivity index (χ1v) is 15.0. The van der Waals surface area contributed by atoms with Crippen LogP contribution in [0.25, 0.3) is 33.3 Å². The molecule has 0 aliphatic carbocycles. The van der Waals surface area contributed by atoms with E-state index >= 15 is 0 Å². The van der Waals surface area contributed by atoms with Crippen LogP contribution in [0.2, 0.25) is 0 Å². The Morgan fingerprint density at radius 3 is 2.34 bits per heavy atom. The Morgan fingerprint density at radius 2 is 1.48 bits per heavy atom. The van der Waals surface area contributed by atoms with Crippen molar-refractivity contribution >= 4 is 33.2 Å². The lowest BCUT2D eigenvalue weighted by Crippen LogP contribution is -2.36. The fourth-order valence-electron chi connectivity index (χ4n) is 6.60. The van der Waals surface area contributed by atoms with Gasteiger partial charge in [0.2, 0.25) is 0 Å². The van der Waals surface area contributed by atoms with E-state index in [2.05, 4.69) is 151 Å². The van der Waals surface area contributed by atoms with Gasteiger partial charge in [-0.05, 0) is 92.1 Å². The molecule has 0 amide bonds. The molecule has 0 spiro atoms. The van der Waals surface area contributed by atoms with E-state index in [-0.39, 0.29) is 6.17 Å². The highest BCUT2D eigenvalue weighted by atomic mass is 16.5. The van der Waals surface area contributed by atoms with E-state index in [1.807, 2.05) is 18.3 Å². The zero-order chi connectivity index (χ0) is 29.8. The summed E-state index contributed by atoms with van der Waals surface area (Å²) < 4.78 is 8.78. The molecule has 0 fully saturated rings. The average Bonchev–Trinajstić information content (AvgIpc) is 3.57. The number of aryl methyl sites for hydroxylation is 3. The number of anilines is 1. The summed E-state index contributed by atoms with van der Waals surface area (Å²) in [5.74, 6) is 2.47. The molecule has 0 saturated heterocycles. The van der Waals surface area contributed by atoms with Crippen molar-refractivity contribution in [3.8, 4) is 17.3 Å². The maximum atomic E-state index is 6.56. The summed E-state index contributed by atoms with van der Waals surface area (Å²) in [6.45, 7) is 6.46. The van der Waals surface area contributed by atoms with E-state index in [9.17, 15) is 0 Å². The van der Waals surface area contributed by atoms with Crippen molar-refractivity contribution in [2.24, 2.45) is 0 Å². The second-order valence-electron chi connectivity index (χ2n) is 11.6. The number of benzene rings is 4. The molecule has 2 aliphatic rings. The van der Waals surface area contributed by atoms with Crippen LogP contribution in [0.3, 0.4) is 0 Å². The Kier molecular flexibility index (Phi) is 6.12. The van der Waals surface area contributed by atoms with Gasteiger partial charge >= 0.3 is 0 Å². The van der Waals surface area contributed by atoms with Crippen LogP contribution in [0.1, 0.15) is 22.3 Å². The minimum atomic E-state index is 0.0823. The number of para-hydroxylation sites is 2. The van der Waals surface area contributed by atoms with Crippen molar-refractivity contribution in [1.82, 2.24) is 14.5 Å². The molecule has 214 valence electrons. The molecule has 5 nitrogen and oxygen atoms in total. The predicted molar refractivity (Wildman–Crippen MR) is 180 cm³/mol. The third kappa shape index (κ3) is 4.28. The van der Waals surface area contributed by atoms with Gasteiger partial charge in [-0.1, -0.05) is 54.6 Å². The molecule has 0 radical (unpaired) electrons. The van der Waals surface area contributed by atoms with Gasteiger partial charge in [0.1, 0.15) is 23.5 Å². The largest absolute Gasteiger partial charge is 0.457 e. The van der Waals surface area contributed by atoms with Crippen molar-refractivity contribution in [2.75, 3.05) is 4.90 Å². The summed E-state index contributed by atoms with van der Waals surface area (Å²) in [5.41, 5.74) is 9.35. The molecular formula is C39H32N4O. The smallest absolute Gasteiger partial charge is 0.137 e. The molecule has 8 rings (SSSR count). The average molecular weight is 573 g/mol. The second-order valence-corrected chi connectivity index (χ2v) is 11.6. The number of aromatic nitrogens is 2. The maximum Gasteiger partial charge on any atom is 0.137 e. The molecule has 0 saturated carbocycles. The van der Waals surface area contributed by atoms with Crippen LogP contribution in [-0.4, -0.2) is 20.6 Å². The SMILES string of the molecule is Cc1ccnc(-n2c3ccccc3c3ccc(Oc4cccc(C5=CN(c6c(C)cccc6C)C6C=CC=CN56)c4)cc32)c1. The maximum absolute atomic E-state index is 6.56. The Morgan fingerprint density at radius 1 is 0.682 bits per heavy atom. The summed E-state index contributed by atoms with van der Waals surface area (Å²) in [6.07, 6.45) is 12.8. The molecule has 2 aromatic heterocycles. The predicted octanol–water partition coefficient (Wildman–Crippen LogP) is 9.43. The van der Waals surface area contributed by atoms with E-state index in [0.29, 0.717) is 0 Å². The van der Waals surface area contributed by atoms with Gasteiger partial charge in [-0.15, -0.1) is 0 Å². The van der Waals surface area contributed by atoms with Gasteiger partial charge in [0, 0.05) is 46.7 Å². The van der Waals surface area contributed by atoms with Crippen LogP contribution < -0.4 is 9.64 Å². The summed E-state index contributed by atoms with van der Waals surface area (Å²) >= 11 is 0. The molecule has 44 heavy (non-hydrogen) atoms. The molecule has 1 atom stereocenters. The third-order valence-electron chi connectivity index (χ3n) is 8.59. The fraction of sp³-hybridized carbons (Fsp3) is 0.103. The highest BCUT2D eigenvalue weighted by molar-refractivity contribution is 6.09. The van der Waals surface area contributed by atoms with Crippen molar-refractivity contribution < 1.29 is 4.74 Å². The van der Waals surface area contributed by atoms with Crippen LogP contribution >= 0.6 is 0 Å². The van der Waals surface area contributed by atoms with E-state index in [4.69, 9.17) is 9.72 Å². The van der Waals surface area contributed by atoms with Gasteiger partial charge in [0.25, 0.3) is 0 Å². The number of pyridine rings is 1. The number of rotatable bonds is 5. The van der Waals surface area contributed by atoms with Crippen LogP contribution in [0.5, 0.6) is 11.5 Å². The van der Waals surface area contributed by atoms with Crippen molar-refractivity contribution in [1.29, 1.82) is 0 Å². The number of hydrogen-bond acceptors (Lipinski definition) is 4. The molecule has 2 aliphatic heterocycles. The second kappa shape index (κ2) is 10.3. The lowest BCUT2D eigenvalue weighted by molar-refractivity contribution is 0.469. The molecule has 6 aromatic rings. The van der Waals surface area contributed by atoms with Gasteiger partial charge < -0.3 is 14.5 Å².